The van der Waals surface area contributed by atoms with Crippen molar-refractivity contribution in [2.24, 2.45) is 5.92 Å². The highest BCUT2D eigenvalue weighted by Crippen LogP contribution is 2.28. The molecule has 0 aliphatic rings. The van der Waals surface area contributed by atoms with Crippen LogP contribution in [0.2, 0.25) is 0 Å². The summed E-state index contributed by atoms with van der Waals surface area (Å²) >= 11 is 0. The maximum absolute atomic E-state index is 13.0. The second kappa shape index (κ2) is 13.5. The number of hydrogen-bond acceptors (Lipinski definition) is 7. The molecular formula is C28H36N4O5. The molecule has 0 saturated carbocycles. The first kappa shape index (κ1) is 27.9. The number of aromatic nitrogens is 3. The lowest BCUT2D eigenvalue weighted by atomic mass is 9.94. The Labute approximate surface area is 217 Å². The highest BCUT2D eigenvalue weighted by Gasteiger charge is 2.27. The van der Waals surface area contributed by atoms with Gasteiger partial charge in [-0.05, 0) is 55.9 Å². The Bertz CT molecular complexity index is 1210. The van der Waals surface area contributed by atoms with Gasteiger partial charge < -0.3 is 24.9 Å². The summed E-state index contributed by atoms with van der Waals surface area (Å²) in [5.74, 6) is 0.694. The van der Waals surface area contributed by atoms with Crippen LogP contribution in [0.5, 0.6) is 11.5 Å². The number of hydrogen-bond donors (Lipinski definition) is 3. The molecule has 9 nitrogen and oxygen atoms in total. The Hall–Kier alpha value is -3.72. The van der Waals surface area contributed by atoms with Crippen molar-refractivity contribution >= 4 is 5.91 Å². The van der Waals surface area contributed by atoms with Crippen molar-refractivity contribution in [3.63, 3.8) is 0 Å². The van der Waals surface area contributed by atoms with E-state index in [1.807, 2.05) is 49.4 Å². The summed E-state index contributed by atoms with van der Waals surface area (Å²) in [6, 6.07) is 14.9. The fraction of sp³-hybridized carbons (Fsp3) is 0.429. The van der Waals surface area contributed by atoms with Gasteiger partial charge in [0.15, 0.2) is 17.2 Å². The van der Waals surface area contributed by atoms with Crippen LogP contribution in [0.25, 0.3) is 0 Å². The Morgan fingerprint density at radius 1 is 1.05 bits per heavy atom. The van der Waals surface area contributed by atoms with Crippen LogP contribution < -0.4 is 20.3 Å². The molecule has 0 aliphatic heterocycles. The van der Waals surface area contributed by atoms with Gasteiger partial charge in [0.25, 0.3) is 5.56 Å². The Kier molecular flexibility index (Phi) is 10.2. The summed E-state index contributed by atoms with van der Waals surface area (Å²) in [4.78, 5) is 28.7. The van der Waals surface area contributed by atoms with E-state index in [1.54, 1.807) is 27.2 Å². The number of amides is 1. The molecule has 0 saturated heterocycles. The van der Waals surface area contributed by atoms with E-state index in [9.17, 15) is 14.7 Å². The molecule has 3 atom stereocenters. The number of methoxy groups -OCH3 is 2. The fourth-order valence-corrected chi connectivity index (χ4v) is 4.28. The second-order valence-electron chi connectivity index (χ2n) is 9.05. The number of aromatic amines is 1. The molecule has 3 unspecified atom stereocenters. The lowest BCUT2D eigenvalue weighted by molar-refractivity contribution is -0.129. The van der Waals surface area contributed by atoms with Gasteiger partial charge in [-0.1, -0.05) is 43.3 Å². The van der Waals surface area contributed by atoms with Crippen molar-refractivity contribution in [2.45, 2.75) is 58.1 Å². The van der Waals surface area contributed by atoms with Gasteiger partial charge in [-0.2, -0.15) is 0 Å². The van der Waals surface area contributed by atoms with Gasteiger partial charge in [-0.15, -0.1) is 10.2 Å². The first-order valence-corrected chi connectivity index (χ1v) is 12.5. The fourth-order valence-electron chi connectivity index (χ4n) is 4.28. The van der Waals surface area contributed by atoms with Crippen molar-refractivity contribution in [1.82, 2.24) is 20.5 Å². The van der Waals surface area contributed by atoms with Crippen LogP contribution in [-0.4, -0.2) is 46.5 Å². The normalized spacial score (nSPS) is 13.4. The minimum Gasteiger partial charge on any atom is -0.493 e. The summed E-state index contributed by atoms with van der Waals surface area (Å²) in [5.41, 5.74) is 1.79. The van der Waals surface area contributed by atoms with Crippen LogP contribution >= 0.6 is 0 Å². The average Bonchev–Trinajstić information content (AvgIpc) is 2.90. The lowest BCUT2D eigenvalue weighted by Gasteiger charge is -2.23. The number of aliphatic hydroxyl groups excluding tert-OH is 1. The van der Waals surface area contributed by atoms with E-state index in [-0.39, 0.29) is 11.6 Å². The van der Waals surface area contributed by atoms with Crippen molar-refractivity contribution < 1.29 is 19.4 Å². The van der Waals surface area contributed by atoms with Gasteiger partial charge >= 0.3 is 0 Å². The third kappa shape index (κ3) is 7.63. The number of carbonyl (C=O) groups is 1. The highest BCUT2D eigenvalue weighted by molar-refractivity contribution is 5.79. The SMILES string of the molecule is CCC(NC(=O)C(CCCc1ccccc1)C(C)O)c1nnc(Cc2ccc(OC)c(OC)c2)[nH]c1=O. The van der Waals surface area contributed by atoms with Gasteiger partial charge in [0.05, 0.1) is 32.3 Å². The lowest BCUT2D eigenvalue weighted by Crippen LogP contribution is -2.40. The quantitative estimate of drug-likeness (QED) is 0.323. The van der Waals surface area contributed by atoms with Crippen molar-refractivity contribution in [3.05, 3.63) is 81.5 Å². The van der Waals surface area contributed by atoms with E-state index in [4.69, 9.17) is 9.47 Å². The van der Waals surface area contributed by atoms with E-state index in [1.165, 1.54) is 5.56 Å². The molecule has 198 valence electrons. The zero-order chi connectivity index (χ0) is 26.8. The van der Waals surface area contributed by atoms with Gasteiger partial charge in [0.2, 0.25) is 5.91 Å². The molecule has 0 bridgehead atoms. The molecular weight excluding hydrogens is 472 g/mol. The summed E-state index contributed by atoms with van der Waals surface area (Å²) in [6.07, 6.45) is 2.09. The topological polar surface area (TPSA) is 126 Å². The number of ether oxygens (including phenoxy) is 2. The zero-order valence-corrected chi connectivity index (χ0v) is 21.9. The van der Waals surface area contributed by atoms with Crippen LogP contribution in [0, 0.1) is 5.92 Å². The monoisotopic (exact) mass is 508 g/mol. The van der Waals surface area contributed by atoms with Crippen LogP contribution in [-0.2, 0) is 17.6 Å². The van der Waals surface area contributed by atoms with E-state index in [2.05, 4.69) is 20.5 Å². The largest absolute Gasteiger partial charge is 0.493 e. The molecule has 2 aromatic carbocycles. The Morgan fingerprint density at radius 3 is 2.41 bits per heavy atom. The number of aliphatic hydroxyl groups is 1. The molecule has 3 N–H and O–H groups in total. The summed E-state index contributed by atoms with van der Waals surface area (Å²) in [5, 5.41) is 21.5. The number of nitrogens with one attached hydrogen (secondary N) is 2. The number of H-pyrrole nitrogens is 1. The maximum Gasteiger partial charge on any atom is 0.275 e. The third-order valence-corrected chi connectivity index (χ3v) is 6.39. The molecule has 3 aromatic rings. The zero-order valence-electron chi connectivity index (χ0n) is 21.9. The van der Waals surface area contributed by atoms with Gasteiger partial charge in [0, 0.05) is 6.42 Å². The van der Waals surface area contributed by atoms with Gasteiger partial charge in [-0.3, -0.25) is 9.59 Å². The predicted molar refractivity (Wildman–Crippen MR) is 141 cm³/mol. The summed E-state index contributed by atoms with van der Waals surface area (Å²) in [7, 11) is 3.12. The molecule has 0 spiro atoms. The average molecular weight is 509 g/mol. The van der Waals surface area contributed by atoms with Gasteiger partial charge in [-0.25, -0.2) is 0 Å². The molecule has 37 heavy (non-hydrogen) atoms. The smallest absolute Gasteiger partial charge is 0.275 e. The summed E-state index contributed by atoms with van der Waals surface area (Å²) < 4.78 is 10.6. The molecule has 9 heteroatoms. The van der Waals surface area contributed by atoms with Crippen LogP contribution in [0.15, 0.2) is 53.3 Å². The third-order valence-electron chi connectivity index (χ3n) is 6.39. The standard InChI is InChI=1S/C28H36N4O5/c1-5-22(29-27(34)21(18(2)33)13-9-12-19-10-7-6-8-11-19)26-28(35)30-25(31-32-26)17-20-14-15-23(36-3)24(16-20)37-4/h6-8,10-11,14-16,18,21-22,33H,5,9,12-13,17H2,1-4H3,(H,29,34)(H,30,31,35). The number of benzene rings is 2. The molecule has 3 rings (SSSR count). The molecule has 1 aromatic heterocycles. The highest BCUT2D eigenvalue weighted by atomic mass is 16.5. The first-order valence-electron chi connectivity index (χ1n) is 12.5. The van der Waals surface area contributed by atoms with Crippen molar-refractivity contribution in [3.8, 4) is 11.5 Å². The van der Waals surface area contributed by atoms with E-state index in [0.29, 0.717) is 36.6 Å². The second-order valence-corrected chi connectivity index (χ2v) is 9.05. The minimum atomic E-state index is -0.818. The Morgan fingerprint density at radius 2 is 1.78 bits per heavy atom. The number of aryl methyl sites for hydroxylation is 1. The Balaban J connectivity index is 1.66. The van der Waals surface area contributed by atoms with E-state index < -0.39 is 23.6 Å². The molecule has 1 heterocycles. The predicted octanol–water partition coefficient (Wildman–Crippen LogP) is 3.36. The first-order chi connectivity index (χ1) is 17.9. The molecule has 1 amide bonds. The number of carbonyl (C=O) groups excluding carboxylic acids is 1. The minimum absolute atomic E-state index is 0.139. The van der Waals surface area contributed by atoms with Crippen LogP contribution in [0.3, 0.4) is 0 Å². The summed E-state index contributed by atoms with van der Waals surface area (Å²) in [6.45, 7) is 3.47. The van der Waals surface area contributed by atoms with E-state index in [0.717, 1.165) is 18.4 Å². The number of nitrogens with zero attached hydrogens (tertiary/aromatic N) is 2. The number of rotatable bonds is 13. The molecule has 0 radical (unpaired) electrons. The van der Waals surface area contributed by atoms with E-state index >= 15 is 0 Å². The van der Waals surface area contributed by atoms with Crippen LogP contribution in [0.4, 0.5) is 0 Å². The van der Waals surface area contributed by atoms with Gasteiger partial charge in [0.1, 0.15) is 5.82 Å². The molecule has 0 aliphatic carbocycles. The van der Waals surface area contributed by atoms with Crippen LogP contribution in [0.1, 0.15) is 61.8 Å². The van der Waals surface area contributed by atoms with Crippen molar-refractivity contribution in [2.75, 3.05) is 14.2 Å². The molecule has 0 fully saturated rings. The maximum atomic E-state index is 13.0. The van der Waals surface area contributed by atoms with Crippen molar-refractivity contribution in [1.29, 1.82) is 0 Å².